The van der Waals surface area contributed by atoms with Crippen LogP contribution in [0.4, 0.5) is 5.69 Å². The molecular formula is C17H25N3O. The number of rotatable bonds is 1. The van der Waals surface area contributed by atoms with E-state index in [1.807, 2.05) is 17.9 Å². The lowest BCUT2D eigenvalue weighted by Crippen LogP contribution is -2.40. The lowest BCUT2D eigenvalue weighted by molar-refractivity contribution is -0.123. The molecule has 0 atom stereocenters. The highest BCUT2D eigenvalue weighted by Crippen LogP contribution is 2.40. The number of carbonyl (C=O) groups is 1. The van der Waals surface area contributed by atoms with Gasteiger partial charge >= 0.3 is 0 Å². The molecule has 1 saturated carbocycles. The van der Waals surface area contributed by atoms with Gasteiger partial charge in [-0.1, -0.05) is 13.8 Å². The third-order valence-corrected chi connectivity index (χ3v) is 4.89. The molecule has 114 valence electrons. The highest BCUT2D eigenvalue weighted by atomic mass is 16.2. The van der Waals surface area contributed by atoms with E-state index < -0.39 is 0 Å². The molecule has 0 spiro atoms. The van der Waals surface area contributed by atoms with Crippen molar-refractivity contribution in [3.05, 3.63) is 23.5 Å². The fraction of sp³-hybridized carbons (Fsp3) is 0.647. The molecule has 0 radical (unpaired) electrons. The van der Waals surface area contributed by atoms with Crippen LogP contribution in [0, 0.1) is 12.8 Å². The van der Waals surface area contributed by atoms with Crippen LogP contribution in [0.15, 0.2) is 12.1 Å². The first-order valence-corrected chi connectivity index (χ1v) is 7.93. The Kier molecular flexibility index (Phi) is 3.52. The number of anilines is 1. The van der Waals surface area contributed by atoms with Gasteiger partial charge < -0.3 is 10.6 Å². The van der Waals surface area contributed by atoms with Gasteiger partial charge in [0, 0.05) is 29.6 Å². The van der Waals surface area contributed by atoms with E-state index in [9.17, 15) is 4.79 Å². The van der Waals surface area contributed by atoms with Gasteiger partial charge in [0.1, 0.15) is 0 Å². The Morgan fingerprint density at radius 1 is 1.29 bits per heavy atom. The quantitative estimate of drug-likeness (QED) is 0.863. The van der Waals surface area contributed by atoms with Gasteiger partial charge in [0.25, 0.3) is 0 Å². The molecule has 1 aromatic heterocycles. The Morgan fingerprint density at radius 2 is 1.95 bits per heavy atom. The summed E-state index contributed by atoms with van der Waals surface area (Å²) in [5.74, 6) is 0.396. The topological polar surface area (TPSA) is 59.2 Å². The summed E-state index contributed by atoms with van der Waals surface area (Å²) in [4.78, 5) is 19.5. The van der Waals surface area contributed by atoms with E-state index >= 15 is 0 Å². The van der Waals surface area contributed by atoms with Crippen molar-refractivity contribution >= 4 is 11.6 Å². The van der Waals surface area contributed by atoms with Crippen molar-refractivity contribution in [2.75, 3.05) is 11.4 Å². The maximum absolute atomic E-state index is 12.9. The Balaban J connectivity index is 1.86. The van der Waals surface area contributed by atoms with Gasteiger partial charge in [-0.3, -0.25) is 9.78 Å². The molecule has 3 rings (SSSR count). The van der Waals surface area contributed by atoms with Crippen LogP contribution in [0.3, 0.4) is 0 Å². The largest absolute Gasteiger partial charge is 0.328 e. The number of nitrogens with zero attached hydrogens (tertiary/aromatic N) is 2. The predicted octanol–water partition coefficient (Wildman–Crippen LogP) is 2.53. The number of aryl methyl sites for hydroxylation is 1. The molecule has 1 aliphatic carbocycles. The van der Waals surface area contributed by atoms with Crippen LogP contribution in [-0.2, 0) is 10.2 Å². The third kappa shape index (κ3) is 2.57. The Hall–Kier alpha value is -1.42. The zero-order chi connectivity index (χ0) is 15.2. The molecule has 0 unspecified atom stereocenters. The third-order valence-electron chi connectivity index (χ3n) is 4.89. The smallest absolute Gasteiger partial charge is 0.230 e. The summed E-state index contributed by atoms with van der Waals surface area (Å²) >= 11 is 0. The van der Waals surface area contributed by atoms with Gasteiger partial charge in [-0.2, -0.15) is 0 Å². The van der Waals surface area contributed by atoms with Crippen molar-refractivity contribution in [3.8, 4) is 0 Å². The SMILES string of the molecule is Cc1ccc2c(n1)C(C)(C)CN2C(=O)C1CCC(N)CC1. The first-order valence-electron chi connectivity index (χ1n) is 7.93. The first-order chi connectivity index (χ1) is 9.88. The van der Waals surface area contributed by atoms with E-state index in [0.29, 0.717) is 0 Å². The van der Waals surface area contributed by atoms with Gasteiger partial charge in [0.2, 0.25) is 5.91 Å². The lowest BCUT2D eigenvalue weighted by atomic mass is 9.85. The van der Waals surface area contributed by atoms with E-state index in [-0.39, 0.29) is 23.3 Å². The molecule has 0 bridgehead atoms. The highest BCUT2D eigenvalue weighted by Gasteiger charge is 2.41. The van der Waals surface area contributed by atoms with Crippen molar-refractivity contribution in [1.82, 2.24) is 4.98 Å². The molecular weight excluding hydrogens is 262 g/mol. The fourth-order valence-corrected chi connectivity index (χ4v) is 3.60. The zero-order valence-electron chi connectivity index (χ0n) is 13.2. The number of pyridine rings is 1. The summed E-state index contributed by atoms with van der Waals surface area (Å²) in [5.41, 5.74) is 8.96. The number of fused-ring (bicyclic) bond motifs is 1. The Bertz CT molecular complexity index is 559. The fourth-order valence-electron chi connectivity index (χ4n) is 3.60. The number of hydrogen-bond donors (Lipinski definition) is 1. The van der Waals surface area contributed by atoms with Crippen LogP contribution in [-0.4, -0.2) is 23.5 Å². The number of carbonyl (C=O) groups excluding carboxylic acids is 1. The second-order valence-electron chi connectivity index (χ2n) is 7.24. The molecule has 0 saturated heterocycles. The van der Waals surface area contributed by atoms with Crippen LogP contribution >= 0.6 is 0 Å². The summed E-state index contributed by atoms with van der Waals surface area (Å²) < 4.78 is 0. The van der Waals surface area contributed by atoms with Gasteiger partial charge in [-0.25, -0.2) is 0 Å². The predicted molar refractivity (Wildman–Crippen MR) is 84.3 cm³/mol. The molecule has 1 fully saturated rings. The first kappa shape index (κ1) is 14.5. The van der Waals surface area contributed by atoms with Crippen molar-refractivity contribution < 1.29 is 4.79 Å². The van der Waals surface area contributed by atoms with Crippen LogP contribution in [0.25, 0.3) is 0 Å². The van der Waals surface area contributed by atoms with Crippen molar-refractivity contribution in [2.24, 2.45) is 11.7 Å². The molecule has 4 heteroatoms. The molecule has 2 heterocycles. The molecule has 1 amide bonds. The molecule has 2 aliphatic rings. The molecule has 1 aliphatic heterocycles. The summed E-state index contributed by atoms with van der Waals surface area (Å²) in [6.45, 7) is 7.08. The van der Waals surface area contributed by atoms with Crippen molar-refractivity contribution in [3.63, 3.8) is 0 Å². The van der Waals surface area contributed by atoms with Crippen molar-refractivity contribution in [1.29, 1.82) is 0 Å². The maximum Gasteiger partial charge on any atom is 0.230 e. The van der Waals surface area contributed by atoms with Gasteiger partial charge in [-0.15, -0.1) is 0 Å². The standard InChI is InChI=1S/C17H25N3O/c1-11-4-9-14-15(19-11)17(2,3)10-20(14)16(21)12-5-7-13(18)8-6-12/h4,9,12-13H,5-8,10,18H2,1-3H3. The number of aromatic nitrogens is 1. The minimum atomic E-state index is -0.0674. The number of amides is 1. The summed E-state index contributed by atoms with van der Waals surface area (Å²) in [7, 11) is 0. The number of nitrogens with two attached hydrogens (primary N) is 1. The summed E-state index contributed by atoms with van der Waals surface area (Å²) in [6, 6.07) is 4.33. The molecule has 21 heavy (non-hydrogen) atoms. The Labute approximate surface area is 126 Å². The van der Waals surface area contributed by atoms with E-state index in [4.69, 9.17) is 5.73 Å². The minimum Gasteiger partial charge on any atom is -0.328 e. The summed E-state index contributed by atoms with van der Waals surface area (Å²) in [6.07, 6.45) is 3.77. The maximum atomic E-state index is 12.9. The van der Waals surface area contributed by atoms with Gasteiger partial charge in [0.05, 0.1) is 11.4 Å². The summed E-state index contributed by atoms with van der Waals surface area (Å²) in [5, 5.41) is 0. The highest BCUT2D eigenvalue weighted by molar-refractivity contribution is 5.97. The average molecular weight is 287 g/mol. The average Bonchev–Trinajstić information content (AvgIpc) is 2.71. The van der Waals surface area contributed by atoms with Crippen LogP contribution < -0.4 is 10.6 Å². The normalized spacial score (nSPS) is 27.5. The van der Waals surface area contributed by atoms with Crippen LogP contribution in [0.1, 0.15) is 50.9 Å². The van der Waals surface area contributed by atoms with Gasteiger partial charge in [0.15, 0.2) is 0 Å². The van der Waals surface area contributed by atoms with E-state index in [1.54, 1.807) is 0 Å². The monoisotopic (exact) mass is 287 g/mol. The molecule has 4 nitrogen and oxygen atoms in total. The van der Waals surface area contributed by atoms with Crippen LogP contribution in [0.5, 0.6) is 0 Å². The van der Waals surface area contributed by atoms with E-state index in [0.717, 1.165) is 49.3 Å². The molecule has 0 aromatic carbocycles. The zero-order valence-corrected chi connectivity index (χ0v) is 13.2. The minimum absolute atomic E-state index is 0.0674. The molecule has 1 aromatic rings. The number of hydrogen-bond acceptors (Lipinski definition) is 3. The van der Waals surface area contributed by atoms with E-state index in [2.05, 4.69) is 24.9 Å². The lowest BCUT2D eigenvalue weighted by Gasteiger charge is -2.29. The van der Waals surface area contributed by atoms with Crippen molar-refractivity contribution in [2.45, 2.75) is 57.9 Å². The second-order valence-corrected chi connectivity index (χ2v) is 7.24. The van der Waals surface area contributed by atoms with E-state index in [1.165, 1.54) is 0 Å². The second kappa shape index (κ2) is 5.09. The molecule has 2 N–H and O–H groups in total. The van der Waals surface area contributed by atoms with Gasteiger partial charge in [-0.05, 0) is 44.7 Å². The Morgan fingerprint density at radius 3 is 2.62 bits per heavy atom. The van der Waals surface area contributed by atoms with Crippen LogP contribution in [0.2, 0.25) is 0 Å².